The molecule has 2 rings (SSSR count). The van der Waals surface area contributed by atoms with Crippen molar-refractivity contribution >= 4 is 0 Å². The number of ether oxygens (including phenoxy) is 1. The van der Waals surface area contributed by atoms with E-state index >= 15 is 0 Å². The van der Waals surface area contributed by atoms with Crippen molar-refractivity contribution in [1.29, 1.82) is 0 Å². The molecule has 1 heterocycles. The zero-order valence-electron chi connectivity index (χ0n) is 11.7. The molecule has 4 heteroatoms. The highest BCUT2D eigenvalue weighted by atomic mass is 19.3. The molecule has 2 nitrogen and oxygen atoms in total. The van der Waals surface area contributed by atoms with Gasteiger partial charge >= 0.3 is 0 Å². The van der Waals surface area contributed by atoms with Gasteiger partial charge in [0.25, 0.3) is 5.92 Å². The molecule has 0 aromatic heterocycles. The number of alkyl halides is 2. The van der Waals surface area contributed by atoms with Crippen LogP contribution in [0.1, 0.15) is 42.4 Å². The quantitative estimate of drug-likeness (QED) is 0.905. The third kappa shape index (κ3) is 3.06. The Balaban J connectivity index is 2.50. The van der Waals surface area contributed by atoms with E-state index in [9.17, 15) is 8.78 Å². The Labute approximate surface area is 113 Å². The van der Waals surface area contributed by atoms with E-state index in [0.29, 0.717) is 11.7 Å². The third-order valence-electron chi connectivity index (χ3n) is 3.72. The van der Waals surface area contributed by atoms with Crippen LogP contribution in [0.25, 0.3) is 0 Å². The van der Waals surface area contributed by atoms with Gasteiger partial charge in [0, 0.05) is 6.92 Å². The predicted octanol–water partition coefficient (Wildman–Crippen LogP) is 3.58. The molecule has 1 aromatic rings. The predicted molar refractivity (Wildman–Crippen MR) is 72.1 cm³/mol. The molecule has 0 amide bonds. The summed E-state index contributed by atoms with van der Waals surface area (Å²) in [7, 11) is 1.48. The SMILES string of the molecule is COc1c(C2CCNCC2)cc(C)cc1C(C)(F)F. The van der Waals surface area contributed by atoms with Gasteiger partial charge in [-0.2, -0.15) is 0 Å². The topological polar surface area (TPSA) is 21.3 Å². The van der Waals surface area contributed by atoms with Gasteiger partial charge in [0.15, 0.2) is 0 Å². The number of piperidine rings is 1. The van der Waals surface area contributed by atoms with Crippen LogP contribution in [0.4, 0.5) is 8.78 Å². The molecule has 1 N–H and O–H groups in total. The Bertz CT molecular complexity index is 448. The lowest BCUT2D eigenvalue weighted by Crippen LogP contribution is -2.27. The van der Waals surface area contributed by atoms with Crippen molar-refractivity contribution in [2.75, 3.05) is 20.2 Å². The van der Waals surface area contributed by atoms with E-state index in [1.807, 2.05) is 13.0 Å². The fourth-order valence-electron chi connectivity index (χ4n) is 2.79. The smallest absolute Gasteiger partial charge is 0.274 e. The van der Waals surface area contributed by atoms with Crippen LogP contribution in [-0.2, 0) is 5.92 Å². The number of hydrogen-bond acceptors (Lipinski definition) is 2. The largest absolute Gasteiger partial charge is 0.496 e. The molecule has 19 heavy (non-hydrogen) atoms. The summed E-state index contributed by atoms with van der Waals surface area (Å²) in [5.74, 6) is -2.21. The van der Waals surface area contributed by atoms with Crippen molar-refractivity contribution in [1.82, 2.24) is 5.32 Å². The Morgan fingerprint density at radius 3 is 2.42 bits per heavy atom. The molecule has 0 radical (unpaired) electrons. The molecule has 1 aliphatic rings. The number of methoxy groups -OCH3 is 1. The van der Waals surface area contributed by atoms with E-state index in [-0.39, 0.29) is 5.56 Å². The van der Waals surface area contributed by atoms with Crippen LogP contribution in [-0.4, -0.2) is 20.2 Å². The monoisotopic (exact) mass is 269 g/mol. The highest BCUT2D eigenvalue weighted by Crippen LogP contribution is 2.42. The Morgan fingerprint density at radius 1 is 1.26 bits per heavy atom. The molecule has 106 valence electrons. The molecular weight excluding hydrogens is 248 g/mol. The third-order valence-corrected chi connectivity index (χ3v) is 3.72. The van der Waals surface area contributed by atoms with Crippen LogP contribution in [0.3, 0.4) is 0 Å². The zero-order valence-corrected chi connectivity index (χ0v) is 11.7. The van der Waals surface area contributed by atoms with E-state index < -0.39 is 5.92 Å². The molecule has 0 spiro atoms. The number of rotatable bonds is 3. The van der Waals surface area contributed by atoms with Crippen molar-refractivity contribution in [3.8, 4) is 5.75 Å². The van der Waals surface area contributed by atoms with Gasteiger partial charge in [-0.25, -0.2) is 8.78 Å². The molecule has 1 aromatic carbocycles. The molecule has 1 aliphatic heterocycles. The van der Waals surface area contributed by atoms with Gasteiger partial charge in [0.2, 0.25) is 0 Å². The summed E-state index contributed by atoms with van der Waals surface area (Å²) in [5.41, 5.74) is 1.80. The summed E-state index contributed by atoms with van der Waals surface area (Å²) in [6, 6.07) is 3.52. The molecule has 0 unspecified atom stereocenters. The lowest BCUT2D eigenvalue weighted by Gasteiger charge is -2.27. The van der Waals surface area contributed by atoms with Crippen LogP contribution in [0, 0.1) is 6.92 Å². The van der Waals surface area contributed by atoms with Gasteiger partial charge in [0.1, 0.15) is 5.75 Å². The molecule has 1 saturated heterocycles. The lowest BCUT2D eigenvalue weighted by molar-refractivity contribution is 0.0148. The average molecular weight is 269 g/mol. The van der Waals surface area contributed by atoms with E-state index in [4.69, 9.17) is 4.74 Å². The van der Waals surface area contributed by atoms with E-state index in [1.165, 1.54) is 13.2 Å². The Kier molecular flexibility index (Phi) is 4.09. The van der Waals surface area contributed by atoms with Crippen LogP contribution in [0.15, 0.2) is 12.1 Å². The first-order valence-corrected chi connectivity index (χ1v) is 6.71. The number of nitrogens with one attached hydrogen (secondary N) is 1. The highest BCUT2D eigenvalue weighted by Gasteiger charge is 2.32. The van der Waals surface area contributed by atoms with E-state index in [1.54, 1.807) is 0 Å². The minimum Gasteiger partial charge on any atom is -0.496 e. The number of benzene rings is 1. The summed E-state index contributed by atoms with van der Waals surface area (Å²) < 4.78 is 32.8. The van der Waals surface area contributed by atoms with Crippen LogP contribution in [0.2, 0.25) is 0 Å². The number of halogens is 2. The van der Waals surface area contributed by atoms with Crippen molar-refractivity contribution in [2.24, 2.45) is 0 Å². The van der Waals surface area contributed by atoms with Gasteiger partial charge in [-0.1, -0.05) is 11.6 Å². The van der Waals surface area contributed by atoms with Crippen LogP contribution >= 0.6 is 0 Å². The van der Waals surface area contributed by atoms with Crippen molar-refractivity contribution in [3.05, 3.63) is 28.8 Å². The van der Waals surface area contributed by atoms with Crippen molar-refractivity contribution in [2.45, 2.75) is 38.5 Å². The molecule has 1 fully saturated rings. The van der Waals surface area contributed by atoms with Crippen LogP contribution in [0.5, 0.6) is 5.75 Å². The maximum Gasteiger partial charge on any atom is 0.274 e. The fraction of sp³-hybridized carbons (Fsp3) is 0.600. The number of hydrogen-bond donors (Lipinski definition) is 1. The minimum absolute atomic E-state index is 0.00327. The molecule has 0 atom stereocenters. The first-order chi connectivity index (χ1) is 8.93. The van der Waals surface area contributed by atoms with E-state index in [2.05, 4.69) is 5.32 Å². The summed E-state index contributed by atoms with van der Waals surface area (Å²) >= 11 is 0. The van der Waals surface area contributed by atoms with Gasteiger partial charge in [-0.15, -0.1) is 0 Å². The normalized spacial score (nSPS) is 17.5. The Hall–Kier alpha value is -1.16. The summed E-state index contributed by atoms with van der Waals surface area (Å²) in [6.45, 7) is 4.65. The number of aryl methyl sites for hydroxylation is 1. The molecule has 0 bridgehead atoms. The van der Waals surface area contributed by atoms with Crippen LogP contribution < -0.4 is 10.1 Å². The fourth-order valence-corrected chi connectivity index (χ4v) is 2.79. The first-order valence-electron chi connectivity index (χ1n) is 6.71. The summed E-state index contributed by atoms with van der Waals surface area (Å²) in [4.78, 5) is 0. The van der Waals surface area contributed by atoms with Gasteiger partial charge in [-0.05, 0) is 50.4 Å². The second-order valence-electron chi connectivity index (χ2n) is 5.35. The lowest BCUT2D eigenvalue weighted by atomic mass is 9.86. The minimum atomic E-state index is -2.88. The molecule has 0 saturated carbocycles. The summed E-state index contributed by atoms with van der Waals surface area (Å²) in [6.07, 6.45) is 1.93. The standard InChI is InChI=1S/C15H21F2NO/c1-10-8-12(11-4-6-18-7-5-11)14(19-3)13(9-10)15(2,16)17/h8-9,11,18H,4-7H2,1-3H3. The first kappa shape index (κ1) is 14.3. The highest BCUT2D eigenvalue weighted by molar-refractivity contribution is 5.48. The maximum absolute atomic E-state index is 13.7. The molecule has 0 aliphatic carbocycles. The summed E-state index contributed by atoms with van der Waals surface area (Å²) in [5, 5.41) is 3.29. The maximum atomic E-state index is 13.7. The van der Waals surface area contributed by atoms with Gasteiger partial charge in [-0.3, -0.25) is 0 Å². The average Bonchev–Trinajstić information content (AvgIpc) is 2.37. The second kappa shape index (κ2) is 5.45. The van der Waals surface area contributed by atoms with Gasteiger partial charge < -0.3 is 10.1 Å². The van der Waals surface area contributed by atoms with Crippen molar-refractivity contribution in [3.63, 3.8) is 0 Å². The Morgan fingerprint density at radius 2 is 1.89 bits per heavy atom. The van der Waals surface area contributed by atoms with E-state index in [0.717, 1.165) is 44.0 Å². The second-order valence-corrected chi connectivity index (χ2v) is 5.35. The zero-order chi connectivity index (χ0) is 14.0. The van der Waals surface area contributed by atoms with Gasteiger partial charge in [0.05, 0.1) is 12.7 Å². The molecular formula is C15H21F2NO. The van der Waals surface area contributed by atoms with Crippen molar-refractivity contribution < 1.29 is 13.5 Å².